The Morgan fingerprint density at radius 1 is 1.41 bits per heavy atom. The number of carbonyl (C=O) groups is 1. The number of nitrogens with zero attached hydrogens (tertiary/aromatic N) is 2. The van der Waals surface area contributed by atoms with Crippen molar-refractivity contribution in [3.8, 4) is 0 Å². The molecule has 0 aromatic heterocycles. The number of rotatable bonds is 2. The Kier molecular flexibility index (Phi) is 5.84. The van der Waals surface area contributed by atoms with Gasteiger partial charge in [-0.05, 0) is 20.8 Å². The Morgan fingerprint density at radius 3 is 2.47 bits per heavy atom. The molecule has 98 valence electrons. The van der Waals surface area contributed by atoms with Crippen LogP contribution in [0.25, 0.3) is 0 Å². The first-order valence-electron chi connectivity index (χ1n) is 5.40. The summed E-state index contributed by atoms with van der Waals surface area (Å²) < 4.78 is 10.2. The summed E-state index contributed by atoms with van der Waals surface area (Å²) in [5, 5.41) is 3.96. The Morgan fingerprint density at radius 2 is 2.00 bits per heavy atom. The highest BCUT2D eigenvalue weighted by Gasteiger charge is 2.25. The van der Waals surface area contributed by atoms with Gasteiger partial charge in [0.15, 0.2) is 9.21 Å². The van der Waals surface area contributed by atoms with E-state index < -0.39 is 5.60 Å². The van der Waals surface area contributed by atoms with Crippen LogP contribution in [0.3, 0.4) is 0 Å². The van der Waals surface area contributed by atoms with Crippen molar-refractivity contribution < 1.29 is 13.8 Å². The largest absolute Gasteiger partial charge is 0.444 e. The van der Waals surface area contributed by atoms with E-state index in [0.29, 0.717) is 13.1 Å². The van der Waals surface area contributed by atoms with Crippen molar-refractivity contribution in [2.45, 2.75) is 39.2 Å². The second-order valence-electron chi connectivity index (χ2n) is 4.76. The number of halogens is 1. The van der Waals surface area contributed by atoms with E-state index in [9.17, 15) is 4.79 Å². The summed E-state index contributed by atoms with van der Waals surface area (Å²) in [6.07, 6.45) is 1.24. The number of oxime groups is 1. The minimum Gasteiger partial charge on any atom is -0.444 e. The quantitative estimate of drug-likeness (QED) is 0.424. The SMILES string of the molecule is CC(C)(C)OC(=O)N1CCC(=NOSI)CC1. The Labute approximate surface area is 118 Å². The van der Waals surface area contributed by atoms with E-state index in [0.717, 1.165) is 18.6 Å². The van der Waals surface area contributed by atoms with E-state index in [1.165, 1.54) is 9.21 Å². The first-order valence-corrected chi connectivity index (χ1v) is 8.69. The van der Waals surface area contributed by atoms with Crippen LogP contribution in [0.15, 0.2) is 5.16 Å². The third kappa shape index (κ3) is 5.80. The zero-order chi connectivity index (χ0) is 12.9. The number of likely N-dealkylation sites (tertiary alicyclic amines) is 1. The average Bonchev–Trinajstić information content (AvgIpc) is 2.24. The number of ether oxygens (including phenoxy) is 1. The molecule has 7 heteroatoms. The maximum absolute atomic E-state index is 11.8. The highest BCUT2D eigenvalue weighted by Crippen LogP contribution is 2.17. The summed E-state index contributed by atoms with van der Waals surface area (Å²) in [5.41, 5.74) is 0.556. The lowest BCUT2D eigenvalue weighted by Gasteiger charge is -2.30. The zero-order valence-corrected chi connectivity index (χ0v) is 13.2. The van der Waals surface area contributed by atoms with Gasteiger partial charge in [0.25, 0.3) is 0 Å². The Balaban J connectivity index is 2.39. The molecule has 1 fully saturated rings. The number of piperidine rings is 1. The smallest absolute Gasteiger partial charge is 0.410 e. The molecule has 0 aromatic carbocycles. The maximum atomic E-state index is 11.8. The number of hydrogen-bond acceptors (Lipinski definition) is 5. The van der Waals surface area contributed by atoms with E-state index in [-0.39, 0.29) is 6.09 Å². The van der Waals surface area contributed by atoms with Crippen LogP contribution in [0, 0.1) is 0 Å². The van der Waals surface area contributed by atoms with Gasteiger partial charge in [-0.2, -0.15) is 0 Å². The van der Waals surface area contributed by atoms with Crippen molar-refractivity contribution in [1.29, 1.82) is 0 Å². The predicted molar refractivity (Wildman–Crippen MR) is 77.2 cm³/mol. The van der Waals surface area contributed by atoms with E-state index in [4.69, 9.17) is 9.02 Å². The van der Waals surface area contributed by atoms with Gasteiger partial charge in [0.1, 0.15) is 5.60 Å². The van der Waals surface area contributed by atoms with Crippen LogP contribution in [0.1, 0.15) is 33.6 Å². The first kappa shape index (κ1) is 14.9. The molecule has 0 spiro atoms. The molecule has 1 aliphatic heterocycles. The predicted octanol–water partition coefficient (Wildman–Crippen LogP) is 3.39. The molecule has 1 heterocycles. The number of carbonyl (C=O) groups excluding carboxylic acids is 1. The molecular formula is C10H17IN2O3S. The third-order valence-corrected chi connectivity index (χ3v) is 2.80. The molecule has 5 nitrogen and oxygen atoms in total. The standard InChI is InChI=1S/C10H17IN2O3S/c1-10(2,3)15-9(14)13-6-4-8(5-7-13)12-16-17-11/h4-7H2,1-3H3. The summed E-state index contributed by atoms with van der Waals surface area (Å²) in [5.74, 6) is 0. The van der Waals surface area contributed by atoms with E-state index in [2.05, 4.69) is 5.16 Å². The molecule has 0 aromatic rings. The Bertz CT molecular complexity index is 294. The van der Waals surface area contributed by atoms with E-state index in [1.54, 1.807) is 4.90 Å². The van der Waals surface area contributed by atoms with Gasteiger partial charge in [-0.1, -0.05) is 5.16 Å². The van der Waals surface area contributed by atoms with Gasteiger partial charge in [0.05, 0.1) is 5.71 Å². The van der Waals surface area contributed by atoms with Crippen LogP contribution in [-0.4, -0.2) is 35.4 Å². The van der Waals surface area contributed by atoms with Crippen LogP contribution in [-0.2, 0) is 9.02 Å². The lowest BCUT2D eigenvalue weighted by molar-refractivity contribution is 0.0248. The van der Waals surface area contributed by atoms with E-state index >= 15 is 0 Å². The van der Waals surface area contributed by atoms with Crippen LogP contribution in [0.2, 0.25) is 0 Å². The number of hydrogen-bond donors (Lipinski definition) is 0. The molecule has 0 aliphatic carbocycles. The average molecular weight is 372 g/mol. The molecular weight excluding hydrogens is 355 g/mol. The summed E-state index contributed by atoms with van der Waals surface area (Å²) in [7, 11) is 1.19. The molecule has 0 radical (unpaired) electrons. The summed E-state index contributed by atoms with van der Waals surface area (Å²) in [6, 6.07) is 0. The highest BCUT2D eigenvalue weighted by molar-refractivity contribution is 14.2. The lowest BCUT2D eigenvalue weighted by atomic mass is 10.1. The fourth-order valence-corrected chi connectivity index (χ4v) is 1.81. The molecule has 17 heavy (non-hydrogen) atoms. The molecule has 0 saturated carbocycles. The molecule has 1 amide bonds. The monoisotopic (exact) mass is 372 g/mol. The fraction of sp³-hybridized carbons (Fsp3) is 0.800. The topological polar surface area (TPSA) is 51.1 Å². The van der Waals surface area contributed by atoms with Crippen molar-refractivity contribution in [1.82, 2.24) is 4.90 Å². The molecule has 1 aliphatic rings. The van der Waals surface area contributed by atoms with Gasteiger partial charge in [0.2, 0.25) is 0 Å². The lowest BCUT2D eigenvalue weighted by Crippen LogP contribution is -2.41. The summed E-state index contributed by atoms with van der Waals surface area (Å²) in [6.45, 7) is 6.89. The fourth-order valence-electron chi connectivity index (χ4n) is 1.43. The van der Waals surface area contributed by atoms with Gasteiger partial charge in [-0.3, -0.25) is 0 Å². The molecule has 1 saturated heterocycles. The first-order chi connectivity index (χ1) is 7.92. The molecule has 1 rings (SSSR count). The van der Waals surface area contributed by atoms with Gasteiger partial charge >= 0.3 is 6.09 Å². The van der Waals surface area contributed by atoms with Gasteiger partial charge < -0.3 is 13.9 Å². The molecule has 0 atom stereocenters. The van der Waals surface area contributed by atoms with Gasteiger partial charge in [-0.25, -0.2) is 4.79 Å². The normalized spacial score (nSPS) is 16.7. The second-order valence-corrected chi connectivity index (χ2v) is 6.12. The molecule has 0 bridgehead atoms. The second kappa shape index (κ2) is 6.67. The van der Waals surface area contributed by atoms with Crippen LogP contribution in [0.4, 0.5) is 4.79 Å². The van der Waals surface area contributed by atoms with E-state index in [1.807, 2.05) is 42.0 Å². The van der Waals surface area contributed by atoms with Crippen molar-refractivity contribution in [2.75, 3.05) is 13.1 Å². The maximum Gasteiger partial charge on any atom is 0.410 e. The Hall–Kier alpha value is -0.180. The van der Waals surface area contributed by atoms with Crippen LogP contribution < -0.4 is 0 Å². The minimum absolute atomic E-state index is 0.249. The number of amides is 1. The zero-order valence-electron chi connectivity index (χ0n) is 10.2. The summed E-state index contributed by atoms with van der Waals surface area (Å²) >= 11 is 2.02. The summed E-state index contributed by atoms with van der Waals surface area (Å²) in [4.78, 5) is 13.5. The van der Waals surface area contributed by atoms with Gasteiger partial charge in [0, 0.05) is 47.1 Å². The highest BCUT2D eigenvalue weighted by atomic mass is 127. The minimum atomic E-state index is -0.438. The molecule has 0 unspecified atom stereocenters. The van der Waals surface area contributed by atoms with Gasteiger partial charge in [-0.15, -0.1) is 0 Å². The van der Waals surface area contributed by atoms with Crippen LogP contribution in [0.5, 0.6) is 0 Å². The van der Waals surface area contributed by atoms with Crippen molar-refractivity contribution in [3.05, 3.63) is 0 Å². The third-order valence-electron chi connectivity index (χ3n) is 2.19. The van der Waals surface area contributed by atoms with Crippen molar-refractivity contribution in [2.24, 2.45) is 5.16 Å². The van der Waals surface area contributed by atoms with Crippen LogP contribution >= 0.6 is 30.4 Å². The van der Waals surface area contributed by atoms with Crippen molar-refractivity contribution >= 4 is 42.2 Å². The molecule has 0 N–H and O–H groups in total. The van der Waals surface area contributed by atoms with Crippen molar-refractivity contribution in [3.63, 3.8) is 0 Å².